The summed E-state index contributed by atoms with van der Waals surface area (Å²) in [6, 6.07) is 16.2. The largest absolute Gasteiger partial charge is 0.334 e. The second-order valence-corrected chi connectivity index (χ2v) is 7.96. The van der Waals surface area contributed by atoms with Crippen LogP contribution in [-0.4, -0.2) is 29.7 Å². The molecule has 2 aromatic carbocycles. The molecule has 0 unspecified atom stereocenters. The van der Waals surface area contributed by atoms with E-state index < -0.39 is 0 Å². The summed E-state index contributed by atoms with van der Waals surface area (Å²) in [4.78, 5) is 27.7. The van der Waals surface area contributed by atoms with Crippen molar-refractivity contribution in [3.8, 4) is 0 Å². The zero-order valence-corrected chi connectivity index (χ0v) is 16.4. The molecule has 1 amide bonds. The van der Waals surface area contributed by atoms with Crippen molar-refractivity contribution < 1.29 is 9.59 Å². The molecule has 1 heterocycles. The topological polar surface area (TPSA) is 37.4 Å². The van der Waals surface area contributed by atoms with E-state index in [4.69, 9.17) is 0 Å². The summed E-state index contributed by atoms with van der Waals surface area (Å²) in [6.45, 7) is 4.88. The van der Waals surface area contributed by atoms with Gasteiger partial charge in [0.15, 0.2) is 5.78 Å². The molecule has 3 nitrogen and oxygen atoms in total. The highest BCUT2D eigenvalue weighted by Gasteiger charge is 2.37. The molecule has 28 heavy (non-hydrogen) atoms. The number of Topliss-reactive ketones (excluding diaryl/α,β-unsaturated/α-hetero) is 1. The van der Waals surface area contributed by atoms with Gasteiger partial charge in [0.05, 0.1) is 0 Å². The van der Waals surface area contributed by atoms with E-state index in [1.165, 1.54) is 11.1 Å². The van der Waals surface area contributed by atoms with Crippen molar-refractivity contribution in [1.29, 1.82) is 0 Å². The summed E-state index contributed by atoms with van der Waals surface area (Å²) in [5.74, 6) is 0.368. The standard InChI is InChI=1S/C25H25NO2/c1-17-3-7-19(8-4-17)13-22-15-26(25(28)21-11-12-21)16-23(24(22)27)14-20-9-5-18(2)6-10-20/h3-10,13-14,21H,11-12,15-16H2,1-2H3. The van der Waals surface area contributed by atoms with Crippen LogP contribution in [0, 0.1) is 19.8 Å². The molecule has 1 aliphatic carbocycles. The lowest BCUT2D eigenvalue weighted by molar-refractivity contribution is -0.132. The summed E-state index contributed by atoms with van der Waals surface area (Å²) in [5, 5.41) is 0. The fourth-order valence-electron chi connectivity index (χ4n) is 3.51. The smallest absolute Gasteiger partial charge is 0.226 e. The maximum Gasteiger partial charge on any atom is 0.226 e. The quantitative estimate of drug-likeness (QED) is 0.740. The Labute approximate surface area is 166 Å². The number of benzene rings is 2. The molecule has 0 radical (unpaired) electrons. The highest BCUT2D eigenvalue weighted by Crippen LogP contribution is 2.33. The van der Waals surface area contributed by atoms with Crippen LogP contribution in [0.25, 0.3) is 12.2 Å². The van der Waals surface area contributed by atoms with E-state index in [-0.39, 0.29) is 17.6 Å². The fraction of sp³-hybridized carbons (Fsp3) is 0.280. The molecular formula is C25H25NO2. The Kier molecular flexibility index (Phi) is 4.99. The molecule has 1 saturated carbocycles. The number of likely N-dealkylation sites (tertiary alicyclic amines) is 1. The summed E-state index contributed by atoms with van der Waals surface area (Å²) in [6.07, 6.45) is 5.79. The summed E-state index contributed by atoms with van der Waals surface area (Å²) < 4.78 is 0. The van der Waals surface area contributed by atoms with Gasteiger partial charge >= 0.3 is 0 Å². The van der Waals surface area contributed by atoms with E-state index in [1.807, 2.05) is 79.4 Å². The van der Waals surface area contributed by atoms with E-state index in [0.29, 0.717) is 24.2 Å². The SMILES string of the molecule is Cc1ccc(C=C2CN(C(=O)C3CC3)CC(=Cc3ccc(C)cc3)C2=O)cc1. The number of carbonyl (C=O) groups excluding carboxylic acids is 2. The molecule has 0 N–H and O–H groups in total. The predicted octanol–water partition coefficient (Wildman–Crippen LogP) is 4.59. The van der Waals surface area contributed by atoms with Gasteiger partial charge in [-0.05, 0) is 50.0 Å². The van der Waals surface area contributed by atoms with Crippen molar-refractivity contribution in [2.24, 2.45) is 5.92 Å². The Bertz CT molecular complexity index is 893. The summed E-state index contributed by atoms with van der Waals surface area (Å²) in [5.41, 5.74) is 5.71. The normalized spacial score (nSPS) is 20.1. The first-order valence-corrected chi connectivity index (χ1v) is 9.87. The van der Waals surface area contributed by atoms with Gasteiger partial charge in [-0.15, -0.1) is 0 Å². The van der Waals surface area contributed by atoms with Crippen LogP contribution in [0.1, 0.15) is 35.1 Å². The molecule has 2 aliphatic rings. The Morgan fingerprint density at radius 2 is 1.25 bits per heavy atom. The van der Waals surface area contributed by atoms with Crippen molar-refractivity contribution in [2.75, 3.05) is 13.1 Å². The van der Waals surface area contributed by atoms with Crippen LogP contribution in [0.2, 0.25) is 0 Å². The Morgan fingerprint density at radius 3 is 1.64 bits per heavy atom. The first kappa shape index (κ1) is 18.4. The number of hydrogen-bond donors (Lipinski definition) is 0. The third-order valence-electron chi connectivity index (χ3n) is 5.38. The van der Waals surface area contributed by atoms with Crippen LogP contribution in [0.3, 0.4) is 0 Å². The Hall–Kier alpha value is -2.94. The fourth-order valence-corrected chi connectivity index (χ4v) is 3.51. The first-order valence-electron chi connectivity index (χ1n) is 9.87. The van der Waals surface area contributed by atoms with Crippen LogP contribution in [0.5, 0.6) is 0 Å². The van der Waals surface area contributed by atoms with Crippen LogP contribution >= 0.6 is 0 Å². The molecule has 3 heteroatoms. The van der Waals surface area contributed by atoms with Crippen molar-refractivity contribution in [2.45, 2.75) is 26.7 Å². The molecule has 0 bridgehead atoms. The highest BCUT2D eigenvalue weighted by molar-refractivity contribution is 6.15. The third kappa shape index (κ3) is 4.14. The summed E-state index contributed by atoms with van der Waals surface area (Å²) >= 11 is 0. The molecule has 2 fully saturated rings. The molecule has 0 spiro atoms. The van der Waals surface area contributed by atoms with Gasteiger partial charge in [0.2, 0.25) is 5.91 Å². The number of piperidine rings is 1. The number of aryl methyl sites for hydroxylation is 2. The van der Waals surface area contributed by atoms with Gasteiger partial charge in [-0.1, -0.05) is 59.7 Å². The Balaban J connectivity index is 1.68. The zero-order valence-electron chi connectivity index (χ0n) is 16.4. The van der Waals surface area contributed by atoms with Crippen LogP contribution < -0.4 is 0 Å². The second kappa shape index (κ2) is 7.59. The molecule has 0 aromatic heterocycles. The van der Waals surface area contributed by atoms with Gasteiger partial charge in [-0.2, -0.15) is 0 Å². The number of nitrogens with zero attached hydrogens (tertiary/aromatic N) is 1. The lowest BCUT2D eigenvalue weighted by atomic mass is 9.93. The van der Waals surface area contributed by atoms with Crippen molar-refractivity contribution in [3.63, 3.8) is 0 Å². The van der Waals surface area contributed by atoms with Gasteiger partial charge in [0.1, 0.15) is 0 Å². The zero-order chi connectivity index (χ0) is 19.7. The number of ketones is 1. The minimum absolute atomic E-state index is 0.0426. The lowest BCUT2D eigenvalue weighted by Gasteiger charge is -2.30. The number of amides is 1. The van der Waals surface area contributed by atoms with Crippen LogP contribution in [0.15, 0.2) is 59.7 Å². The van der Waals surface area contributed by atoms with Crippen LogP contribution in [-0.2, 0) is 9.59 Å². The maximum absolute atomic E-state index is 13.1. The number of hydrogen-bond acceptors (Lipinski definition) is 2. The van der Waals surface area contributed by atoms with E-state index >= 15 is 0 Å². The molecule has 0 atom stereocenters. The molecule has 1 saturated heterocycles. The average molecular weight is 371 g/mol. The first-order chi connectivity index (χ1) is 13.5. The van der Waals surface area contributed by atoms with Crippen molar-refractivity contribution in [1.82, 2.24) is 4.90 Å². The van der Waals surface area contributed by atoms with Gasteiger partial charge in [0, 0.05) is 30.2 Å². The van der Waals surface area contributed by atoms with E-state index in [0.717, 1.165) is 24.0 Å². The van der Waals surface area contributed by atoms with Gasteiger partial charge < -0.3 is 4.90 Å². The highest BCUT2D eigenvalue weighted by atomic mass is 16.2. The predicted molar refractivity (Wildman–Crippen MR) is 113 cm³/mol. The molecule has 2 aromatic rings. The van der Waals surface area contributed by atoms with Gasteiger partial charge in [0.25, 0.3) is 0 Å². The van der Waals surface area contributed by atoms with E-state index in [9.17, 15) is 9.59 Å². The van der Waals surface area contributed by atoms with Crippen LogP contribution in [0.4, 0.5) is 0 Å². The molecule has 4 rings (SSSR count). The van der Waals surface area contributed by atoms with E-state index in [1.54, 1.807) is 0 Å². The third-order valence-corrected chi connectivity index (χ3v) is 5.38. The van der Waals surface area contributed by atoms with Crippen molar-refractivity contribution >= 4 is 23.8 Å². The molecule has 1 aliphatic heterocycles. The summed E-state index contributed by atoms with van der Waals surface area (Å²) in [7, 11) is 0. The maximum atomic E-state index is 13.1. The van der Waals surface area contributed by atoms with Crippen molar-refractivity contribution in [3.05, 3.63) is 81.9 Å². The Morgan fingerprint density at radius 1 is 0.821 bits per heavy atom. The average Bonchev–Trinajstić information content (AvgIpc) is 3.53. The second-order valence-electron chi connectivity index (χ2n) is 7.96. The molecule has 142 valence electrons. The lowest BCUT2D eigenvalue weighted by Crippen LogP contribution is -2.42. The minimum atomic E-state index is 0.0426. The van der Waals surface area contributed by atoms with Gasteiger partial charge in [-0.25, -0.2) is 0 Å². The molecular weight excluding hydrogens is 346 g/mol. The monoisotopic (exact) mass is 371 g/mol. The van der Waals surface area contributed by atoms with E-state index in [2.05, 4.69) is 0 Å². The number of carbonyl (C=O) groups is 2. The minimum Gasteiger partial charge on any atom is -0.334 e. The van der Waals surface area contributed by atoms with Gasteiger partial charge in [-0.3, -0.25) is 9.59 Å². The number of rotatable bonds is 3.